The summed E-state index contributed by atoms with van der Waals surface area (Å²) in [6.07, 6.45) is 5.16. The summed E-state index contributed by atoms with van der Waals surface area (Å²) in [6.45, 7) is 3.52. The zero-order valence-electron chi connectivity index (χ0n) is 19.2. The van der Waals surface area contributed by atoms with Crippen LogP contribution in [0, 0.1) is 0 Å². The van der Waals surface area contributed by atoms with E-state index in [1.807, 2.05) is 36.0 Å². The minimum absolute atomic E-state index is 0.156. The van der Waals surface area contributed by atoms with E-state index in [2.05, 4.69) is 22.3 Å². The van der Waals surface area contributed by atoms with Gasteiger partial charge < -0.3 is 9.47 Å². The molecule has 0 radical (unpaired) electrons. The van der Waals surface area contributed by atoms with Crippen LogP contribution in [0.3, 0.4) is 0 Å². The lowest BCUT2D eigenvalue weighted by atomic mass is 10.0. The fourth-order valence-corrected chi connectivity index (χ4v) is 5.49. The van der Waals surface area contributed by atoms with Gasteiger partial charge in [-0.15, -0.1) is 0 Å². The summed E-state index contributed by atoms with van der Waals surface area (Å²) in [7, 11) is 2.01. The smallest absolute Gasteiger partial charge is 0.255 e. The Morgan fingerprint density at radius 3 is 2.71 bits per heavy atom. The van der Waals surface area contributed by atoms with Gasteiger partial charge in [-0.1, -0.05) is 6.07 Å². The molecule has 1 atom stereocenters. The maximum Gasteiger partial charge on any atom is 0.255 e. The second-order valence-corrected chi connectivity index (χ2v) is 9.59. The predicted molar refractivity (Wildman–Crippen MR) is 127 cm³/mol. The molecular weight excluding hydrogens is 430 g/mol. The van der Waals surface area contributed by atoms with E-state index >= 15 is 0 Å². The molecule has 0 spiro atoms. The van der Waals surface area contributed by atoms with Gasteiger partial charge in [-0.05, 0) is 67.7 Å². The number of carbonyl (C=O) groups is 3. The number of benzene rings is 1. The maximum atomic E-state index is 13.0. The van der Waals surface area contributed by atoms with Gasteiger partial charge in [0.1, 0.15) is 11.7 Å². The third-order valence-corrected chi connectivity index (χ3v) is 7.33. The van der Waals surface area contributed by atoms with Crippen LogP contribution in [0.15, 0.2) is 36.5 Å². The highest BCUT2D eigenvalue weighted by Crippen LogP contribution is 2.32. The second kappa shape index (κ2) is 8.06. The van der Waals surface area contributed by atoms with Crippen molar-refractivity contribution >= 4 is 28.8 Å². The number of nitrogens with one attached hydrogen (secondary N) is 1. The number of aromatic nitrogens is 2. The second-order valence-electron chi connectivity index (χ2n) is 9.59. The summed E-state index contributed by atoms with van der Waals surface area (Å²) in [5.41, 5.74) is 5.58. The maximum absolute atomic E-state index is 13.0. The average Bonchev–Trinajstić information content (AvgIpc) is 3.54. The van der Waals surface area contributed by atoms with Crippen molar-refractivity contribution in [1.82, 2.24) is 24.7 Å². The number of aryl methyl sites for hydroxylation is 1. The average molecular weight is 458 g/mol. The molecule has 3 aliphatic heterocycles. The van der Waals surface area contributed by atoms with Crippen LogP contribution in [0.1, 0.15) is 47.2 Å². The normalized spacial score (nSPS) is 20.9. The van der Waals surface area contributed by atoms with Crippen LogP contribution in [0.5, 0.6) is 0 Å². The zero-order valence-corrected chi connectivity index (χ0v) is 19.2. The first kappa shape index (κ1) is 21.0. The van der Waals surface area contributed by atoms with Gasteiger partial charge in [-0.2, -0.15) is 0 Å². The van der Waals surface area contributed by atoms with Crippen molar-refractivity contribution in [3.05, 3.63) is 53.2 Å². The van der Waals surface area contributed by atoms with Crippen molar-refractivity contribution in [3.63, 3.8) is 0 Å². The molecule has 3 amide bonds. The first-order chi connectivity index (χ1) is 16.5. The first-order valence-electron chi connectivity index (χ1n) is 11.9. The van der Waals surface area contributed by atoms with Crippen LogP contribution in [0.4, 0.5) is 0 Å². The number of amides is 3. The number of nitrogens with zero attached hydrogens (tertiary/aromatic N) is 4. The minimum Gasteiger partial charge on any atom is -0.336 e. The number of imide groups is 1. The van der Waals surface area contributed by atoms with E-state index in [-0.39, 0.29) is 24.1 Å². The van der Waals surface area contributed by atoms with Crippen LogP contribution >= 0.6 is 0 Å². The summed E-state index contributed by atoms with van der Waals surface area (Å²) in [5, 5.41) is 3.54. The molecule has 2 aromatic heterocycles. The Kier molecular flexibility index (Phi) is 4.99. The molecule has 1 aromatic carbocycles. The summed E-state index contributed by atoms with van der Waals surface area (Å²) >= 11 is 0. The van der Waals surface area contributed by atoms with Crippen LogP contribution in [-0.4, -0.2) is 56.2 Å². The number of likely N-dealkylation sites (tertiary alicyclic amines) is 1. The SMILES string of the molecule is Cn1ccc2c(CN3CCCC3)cc(-c3ccc4c(c3)CN([C@H]3CCC(=O)NC3=O)C4=O)nc21. The summed E-state index contributed by atoms with van der Waals surface area (Å²) in [4.78, 5) is 45.9. The number of rotatable bonds is 4. The Hall–Kier alpha value is -3.52. The topological polar surface area (TPSA) is 87.5 Å². The van der Waals surface area contributed by atoms with Crippen LogP contribution in [-0.2, 0) is 29.7 Å². The third-order valence-electron chi connectivity index (χ3n) is 7.33. The third kappa shape index (κ3) is 3.49. The quantitative estimate of drug-likeness (QED) is 0.609. The van der Waals surface area contributed by atoms with Crippen molar-refractivity contribution in [1.29, 1.82) is 0 Å². The van der Waals surface area contributed by atoms with Gasteiger partial charge in [0.2, 0.25) is 11.8 Å². The van der Waals surface area contributed by atoms with Gasteiger partial charge in [0.25, 0.3) is 5.91 Å². The Bertz CT molecular complexity index is 1340. The molecule has 6 rings (SSSR count). The van der Waals surface area contributed by atoms with Gasteiger partial charge >= 0.3 is 0 Å². The summed E-state index contributed by atoms with van der Waals surface area (Å²) in [6, 6.07) is 9.52. The number of piperidine rings is 1. The van der Waals surface area contributed by atoms with Crippen molar-refractivity contribution in [3.8, 4) is 11.3 Å². The van der Waals surface area contributed by atoms with Crippen molar-refractivity contribution < 1.29 is 14.4 Å². The molecule has 1 N–H and O–H groups in total. The lowest BCUT2D eigenvalue weighted by Crippen LogP contribution is -2.52. The number of hydrogen-bond donors (Lipinski definition) is 1. The molecule has 2 fully saturated rings. The molecular formula is C26H27N5O3. The molecule has 2 saturated heterocycles. The molecule has 5 heterocycles. The monoisotopic (exact) mass is 457 g/mol. The van der Waals surface area contributed by atoms with E-state index < -0.39 is 6.04 Å². The van der Waals surface area contributed by atoms with Crippen molar-refractivity contribution in [2.24, 2.45) is 7.05 Å². The van der Waals surface area contributed by atoms with Gasteiger partial charge in [-0.3, -0.25) is 24.6 Å². The molecule has 8 nitrogen and oxygen atoms in total. The van der Waals surface area contributed by atoms with E-state index in [4.69, 9.17) is 4.98 Å². The largest absolute Gasteiger partial charge is 0.336 e. The van der Waals surface area contributed by atoms with Crippen LogP contribution in [0.25, 0.3) is 22.3 Å². The molecule has 8 heteroatoms. The lowest BCUT2D eigenvalue weighted by molar-refractivity contribution is -0.136. The molecule has 34 heavy (non-hydrogen) atoms. The van der Waals surface area contributed by atoms with E-state index in [9.17, 15) is 14.4 Å². The Morgan fingerprint density at radius 2 is 1.91 bits per heavy atom. The number of pyridine rings is 1. The minimum atomic E-state index is -0.606. The van der Waals surface area contributed by atoms with E-state index in [0.717, 1.165) is 42.1 Å². The fraction of sp³-hybridized carbons (Fsp3) is 0.385. The van der Waals surface area contributed by atoms with Crippen LogP contribution < -0.4 is 5.32 Å². The van der Waals surface area contributed by atoms with Gasteiger partial charge in [0.05, 0.1) is 5.69 Å². The van der Waals surface area contributed by atoms with Crippen molar-refractivity contribution in [2.75, 3.05) is 13.1 Å². The molecule has 174 valence electrons. The van der Waals surface area contributed by atoms with E-state index in [1.54, 1.807) is 4.90 Å². The lowest BCUT2D eigenvalue weighted by Gasteiger charge is -2.29. The molecule has 0 aliphatic carbocycles. The van der Waals surface area contributed by atoms with Gasteiger partial charge in [-0.25, -0.2) is 4.98 Å². The van der Waals surface area contributed by atoms with Crippen molar-refractivity contribution in [2.45, 2.75) is 44.8 Å². The zero-order chi connectivity index (χ0) is 23.4. The van der Waals surface area contributed by atoms with E-state index in [1.165, 1.54) is 23.8 Å². The number of fused-ring (bicyclic) bond motifs is 2. The predicted octanol–water partition coefficient (Wildman–Crippen LogP) is 2.60. The van der Waals surface area contributed by atoms with Gasteiger partial charge in [0, 0.05) is 49.3 Å². The molecule has 0 saturated carbocycles. The van der Waals surface area contributed by atoms with E-state index in [0.29, 0.717) is 18.5 Å². The molecule has 3 aromatic rings. The molecule has 3 aliphatic rings. The first-order valence-corrected chi connectivity index (χ1v) is 11.9. The van der Waals surface area contributed by atoms with Gasteiger partial charge in [0.15, 0.2) is 0 Å². The number of carbonyl (C=O) groups excluding carboxylic acids is 3. The highest BCUT2D eigenvalue weighted by Gasteiger charge is 2.39. The molecule has 0 bridgehead atoms. The summed E-state index contributed by atoms with van der Waals surface area (Å²) in [5.74, 6) is -0.823. The highest BCUT2D eigenvalue weighted by molar-refractivity contribution is 6.05. The Labute approximate surface area is 197 Å². The number of hydrogen-bond acceptors (Lipinski definition) is 5. The molecule has 0 unspecified atom stereocenters. The fourth-order valence-electron chi connectivity index (χ4n) is 5.49. The highest BCUT2D eigenvalue weighted by atomic mass is 16.2. The Morgan fingerprint density at radius 1 is 1.09 bits per heavy atom. The van der Waals surface area contributed by atoms with Crippen LogP contribution in [0.2, 0.25) is 0 Å². The summed E-state index contributed by atoms with van der Waals surface area (Å²) < 4.78 is 2.05. The Balaban J connectivity index is 1.34. The standard InChI is InChI=1S/C26H27N5O3/c1-29-11-8-19-18(14-30-9-2-3-10-30)13-21(27-24(19)29)16-4-5-20-17(12-16)15-31(26(20)34)22-6-7-23(32)28-25(22)33/h4-5,8,11-13,22H,2-3,6-7,9-10,14-15H2,1H3,(H,28,32,33)/t22-/m0/s1.